The Hall–Kier alpha value is -2.13. The van der Waals surface area contributed by atoms with Crippen LogP contribution in [0.15, 0.2) is 23.3 Å². The summed E-state index contributed by atoms with van der Waals surface area (Å²) in [5, 5.41) is 3.44. The molecule has 0 aliphatic carbocycles. The zero-order valence-corrected chi connectivity index (χ0v) is 9.22. The van der Waals surface area contributed by atoms with Gasteiger partial charge in [-0.1, -0.05) is 17.3 Å². The molecule has 1 aromatic rings. The fourth-order valence-corrected chi connectivity index (χ4v) is 1.35. The van der Waals surface area contributed by atoms with E-state index in [-0.39, 0.29) is 0 Å². The van der Waals surface area contributed by atoms with Gasteiger partial charge in [0.05, 0.1) is 11.4 Å². The van der Waals surface area contributed by atoms with Crippen molar-refractivity contribution in [3.63, 3.8) is 0 Å². The number of nitrogens with zero attached hydrogens (tertiary/aromatic N) is 3. The van der Waals surface area contributed by atoms with E-state index in [9.17, 15) is 0 Å². The summed E-state index contributed by atoms with van der Waals surface area (Å²) in [5.74, 6) is 0. The van der Waals surface area contributed by atoms with Crippen molar-refractivity contribution in [2.75, 3.05) is 18.0 Å². The van der Waals surface area contributed by atoms with E-state index in [1.807, 2.05) is 31.2 Å². The van der Waals surface area contributed by atoms with Crippen LogP contribution in [0, 0.1) is 6.92 Å². The van der Waals surface area contributed by atoms with E-state index in [1.54, 1.807) is 0 Å². The van der Waals surface area contributed by atoms with Crippen molar-refractivity contribution in [1.29, 1.82) is 0 Å². The fourth-order valence-electron chi connectivity index (χ4n) is 1.35. The zero-order valence-electron chi connectivity index (χ0n) is 9.22. The smallest absolute Gasteiger partial charge is 0.0577 e. The predicted molar refractivity (Wildman–Crippen MR) is 67.7 cm³/mol. The molecule has 0 saturated heterocycles. The Morgan fingerprint density at radius 2 is 2.19 bits per heavy atom. The predicted octanol–water partition coefficient (Wildman–Crippen LogP) is 2.87. The second-order valence-electron chi connectivity index (χ2n) is 3.49. The average Bonchev–Trinajstić information content (AvgIpc) is 2.25. The lowest BCUT2D eigenvalue weighted by molar-refractivity contribution is 0.996. The van der Waals surface area contributed by atoms with Crippen LogP contribution in [0.25, 0.3) is 16.5 Å². The second kappa shape index (κ2) is 5.68. The lowest BCUT2D eigenvalue weighted by Gasteiger charge is -2.05. The molecule has 1 aromatic carbocycles. The summed E-state index contributed by atoms with van der Waals surface area (Å²) in [7, 11) is 0. The highest BCUT2D eigenvalue weighted by Crippen LogP contribution is 2.22. The highest BCUT2D eigenvalue weighted by molar-refractivity contribution is 5.71. The number of hydrogen-bond donors (Lipinski definition) is 2. The summed E-state index contributed by atoms with van der Waals surface area (Å²) in [6, 6.07) is 3.79. The first-order valence-electron chi connectivity index (χ1n) is 4.98. The van der Waals surface area contributed by atoms with Crippen molar-refractivity contribution >= 4 is 17.5 Å². The third-order valence-corrected chi connectivity index (χ3v) is 2.21. The van der Waals surface area contributed by atoms with E-state index in [1.165, 1.54) is 0 Å². The molecule has 0 heterocycles. The number of hydrogen-bond acceptors (Lipinski definition) is 3. The number of rotatable bonds is 4. The van der Waals surface area contributed by atoms with Crippen LogP contribution in [-0.2, 0) is 0 Å². The van der Waals surface area contributed by atoms with Crippen LogP contribution < -0.4 is 11.5 Å². The summed E-state index contributed by atoms with van der Waals surface area (Å²) < 4.78 is 0. The van der Waals surface area contributed by atoms with Gasteiger partial charge in [-0.05, 0) is 42.1 Å². The molecule has 84 valence electrons. The van der Waals surface area contributed by atoms with Gasteiger partial charge < -0.3 is 11.5 Å². The Bertz CT molecular complexity index is 421. The highest BCUT2D eigenvalue weighted by Gasteiger charge is 1.99. The molecule has 0 unspecified atom stereocenters. The minimum atomic E-state index is 0.469. The molecule has 0 radical (unpaired) electrons. The molecule has 0 amide bonds. The molecule has 0 aliphatic rings. The molecule has 5 nitrogen and oxygen atoms in total. The maximum atomic E-state index is 8.09. The summed E-state index contributed by atoms with van der Waals surface area (Å²) in [5.41, 5.74) is 22.8. The maximum Gasteiger partial charge on any atom is 0.0577 e. The number of nitrogens with two attached hydrogens (primary N) is 2. The van der Waals surface area contributed by atoms with E-state index in [4.69, 9.17) is 17.0 Å². The minimum Gasteiger partial charge on any atom is -0.397 e. The minimum absolute atomic E-state index is 0.469. The van der Waals surface area contributed by atoms with E-state index < -0.39 is 0 Å². The molecule has 0 saturated carbocycles. The van der Waals surface area contributed by atoms with Crippen molar-refractivity contribution in [1.82, 2.24) is 0 Å². The fraction of sp³-hybridized carbons (Fsp3) is 0.273. The number of nitrogen functional groups attached to an aromatic ring is 2. The number of anilines is 2. The quantitative estimate of drug-likeness (QED) is 0.266. The first-order chi connectivity index (χ1) is 7.65. The van der Waals surface area contributed by atoms with Gasteiger partial charge in [0, 0.05) is 11.5 Å². The Morgan fingerprint density at radius 3 is 2.81 bits per heavy atom. The van der Waals surface area contributed by atoms with Gasteiger partial charge in [-0.15, -0.1) is 0 Å². The largest absolute Gasteiger partial charge is 0.397 e. The molecule has 0 aliphatic heterocycles. The number of azide groups is 1. The summed E-state index contributed by atoms with van der Waals surface area (Å²) >= 11 is 0. The van der Waals surface area contributed by atoms with Crippen LogP contribution >= 0.6 is 0 Å². The molecular weight excluding hydrogens is 202 g/mol. The number of benzene rings is 1. The van der Waals surface area contributed by atoms with E-state index >= 15 is 0 Å². The third-order valence-electron chi connectivity index (χ3n) is 2.21. The first-order valence-corrected chi connectivity index (χ1v) is 4.98. The zero-order chi connectivity index (χ0) is 12.0. The van der Waals surface area contributed by atoms with Gasteiger partial charge in [0.15, 0.2) is 0 Å². The van der Waals surface area contributed by atoms with Crippen molar-refractivity contribution in [3.05, 3.63) is 39.8 Å². The van der Waals surface area contributed by atoms with Gasteiger partial charge in [0.25, 0.3) is 0 Å². The molecule has 5 heteroatoms. The van der Waals surface area contributed by atoms with Gasteiger partial charge in [-0.3, -0.25) is 0 Å². The Labute approximate surface area is 94.4 Å². The molecule has 16 heavy (non-hydrogen) atoms. The van der Waals surface area contributed by atoms with E-state index in [0.29, 0.717) is 24.3 Å². The molecular formula is C11H15N5. The SMILES string of the molecule is Cc1cc(C=CCCN=[N+]=[N-])cc(N)c1N. The van der Waals surface area contributed by atoms with E-state index in [0.717, 1.165) is 11.1 Å². The summed E-state index contributed by atoms with van der Waals surface area (Å²) in [6.45, 7) is 2.39. The van der Waals surface area contributed by atoms with Crippen molar-refractivity contribution in [2.24, 2.45) is 5.11 Å². The van der Waals surface area contributed by atoms with Gasteiger partial charge in [0.2, 0.25) is 0 Å². The molecule has 1 rings (SSSR count). The van der Waals surface area contributed by atoms with Gasteiger partial charge >= 0.3 is 0 Å². The van der Waals surface area contributed by atoms with Crippen molar-refractivity contribution < 1.29 is 0 Å². The second-order valence-corrected chi connectivity index (χ2v) is 3.49. The summed E-state index contributed by atoms with van der Waals surface area (Å²) in [4.78, 5) is 2.67. The maximum absolute atomic E-state index is 8.09. The van der Waals surface area contributed by atoms with Crippen LogP contribution in [0.2, 0.25) is 0 Å². The van der Waals surface area contributed by atoms with Crippen LogP contribution in [0.5, 0.6) is 0 Å². The Balaban J connectivity index is 2.71. The van der Waals surface area contributed by atoms with Crippen molar-refractivity contribution in [2.45, 2.75) is 13.3 Å². The van der Waals surface area contributed by atoms with E-state index in [2.05, 4.69) is 10.0 Å². The molecule has 0 aromatic heterocycles. The van der Waals surface area contributed by atoms with Crippen LogP contribution in [0.4, 0.5) is 11.4 Å². The van der Waals surface area contributed by atoms with Crippen LogP contribution in [-0.4, -0.2) is 6.54 Å². The normalized spacial score (nSPS) is 10.3. The average molecular weight is 217 g/mol. The number of aryl methyl sites for hydroxylation is 1. The van der Waals surface area contributed by atoms with Gasteiger partial charge in [-0.25, -0.2) is 0 Å². The summed E-state index contributed by atoms with van der Waals surface area (Å²) in [6.07, 6.45) is 4.60. The molecule has 0 bridgehead atoms. The van der Waals surface area contributed by atoms with Gasteiger partial charge in [0.1, 0.15) is 0 Å². The molecule has 0 fully saturated rings. The Kier molecular flexibility index (Phi) is 4.24. The van der Waals surface area contributed by atoms with Crippen molar-refractivity contribution in [3.8, 4) is 0 Å². The van der Waals surface area contributed by atoms with Gasteiger partial charge in [-0.2, -0.15) is 0 Å². The van der Waals surface area contributed by atoms with Crippen LogP contribution in [0.1, 0.15) is 17.5 Å². The molecule has 0 atom stereocenters. The highest BCUT2D eigenvalue weighted by atomic mass is 15.1. The molecule has 4 N–H and O–H groups in total. The first kappa shape index (κ1) is 11.9. The monoisotopic (exact) mass is 217 g/mol. The third kappa shape index (κ3) is 3.22. The van der Waals surface area contributed by atoms with Crippen LogP contribution in [0.3, 0.4) is 0 Å². The lowest BCUT2D eigenvalue weighted by Crippen LogP contribution is -1.97. The molecule has 0 spiro atoms. The Morgan fingerprint density at radius 1 is 1.44 bits per heavy atom. The standard InChI is InChI=1S/C11H15N5/c1-8-6-9(7-10(12)11(8)13)4-2-3-5-15-16-14/h2,4,6-7H,3,5,12-13H2,1H3. The lowest BCUT2D eigenvalue weighted by atomic mass is 10.1. The topological polar surface area (TPSA) is 101 Å².